The Hall–Kier alpha value is -1.02. The highest BCUT2D eigenvalue weighted by molar-refractivity contribution is 5.43. The fourth-order valence-corrected chi connectivity index (χ4v) is 3.86. The Bertz CT molecular complexity index is 421. The maximum Gasteiger partial charge on any atom is 0.115 e. The van der Waals surface area contributed by atoms with Gasteiger partial charge in [0, 0.05) is 11.5 Å². The smallest absolute Gasteiger partial charge is 0.115 e. The van der Waals surface area contributed by atoms with E-state index in [0.717, 1.165) is 12.8 Å². The van der Waals surface area contributed by atoms with Crippen LogP contribution in [0.2, 0.25) is 0 Å². The molecule has 3 rings (SSSR count). The van der Waals surface area contributed by atoms with Crippen LogP contribution in [0.15, 0.2) is 18.2 Å². The third-order valence-electron chi connectivity index (χ3n) is 4.81. The van der Waals surface area contributed by atoms with Crippen molar-refractivity contribution in [2.24, 2.45) is 5.73 Å². The molecule has 0 aromatic heterocycles. The molecule has 2 heteroatoms. The van der Waals surface area contributed by atoms with Crippen molar-refractivity contribution in [2.75, 3.05) is 0 Å². The van der Waals surface area contributed by atoms with Crippen LogP contribution in [0, 0.1) is 0 Å². The number of aryl methyl sites for hydroxylation is 1. The maximum absolute atomic E-state index is 9.75. The number of hydrogen-bond acceptors (Lipinski definition) is 2. The zero-order valence-electron chi connectivity index (χ0n) is 10.3. The first-order valence-electron chi connectivity index (χ1n) is 6.80. The highest BCUT2D eigenvalue weighted by Gasteiger charge is 2.43. The first-order valence-corrected chi connectivity index (χ1v) is 6.80. The molecule has 17 heavy (non-hydrogen) atoms. The maximum atomic E-state index is 9.75. The van der Waals surface area contributed by atoms with Gasteiger partial charge in [0.05, 0.1) is 0 Å². The number of phenols is 1. The van der Waals surface area contributed by atoms with Crippen LogP contribution >= 0.6 is 0 Å². The van der Waals surface area contributed by atoms with Crippen LogP contribution < -0.4 is 5.73 Å². The van der Waals surface area contributed by atoms with Crippen LogP contribution in [0.25, 0.3) is 0 Å². The van der Waals surface area contributed by atoms with E-state index >= 15 is 0 Å². The van der Waals surface area contributed by atoms with Gasteiger partial charge in [0.2, 0.25) is 0 Å². The fraction of sp³-hybridized carbons (Fsp3) is 0.600. The van der Waals surface area contributed by atoms with E-state index in [4.69, 9.17) is 5.73 Å². The normalized spacial score (nSPS) is 26.8. The predicted octanol–water partition coefficient (Wildman–Crippen LogP) is 2.87. The molecular weight excluding hydrogens is 210 g/mol. The summed E-state index contributed by atoms with van der Waals surface area (Å²) in [7, 11) is 0. The summed E-state index contributed by atoms with van der Waals surface area (Å²) in [5.74, 6) is 0.391. The lowest BCUT2D eigenvalue weighted by atomic mass is 9.60. The van der Waals surface area contributed by atoms with Gasteiger partial charge >= 0.3 is 0 Å². The molecule has 0 radical (unpaired) electrons. The second-order valence-corrected chi connectivity index (χ2v) is 5.70. The molecule has 2 aliphatic rings. The summed E-state index contributed by atoms with van der Waals surface area (Å²) >= 11 is 0. The van der Waals surface area contributed by atoms with Crippen LogP contribution in [0.4, 0.5) is 0 Å². The number of hydrogen-bond donors (Lipinski definition) is 2. The van der Waals surface area contributed by atoms with Gasteiger partial charge in [-0.15, -0.1) is 0 Å². The first kappa shape index (κ1) is 11.1. The largest absolute Gasteiger partial charge is 0.508 e. The van der Waals surface area contributed by atoms with Crippen molar-refractivity contribution >= 4 is 0 Å². The van der Waals surface area contributed by atoms with Crippen molar-refractivity contribution in [3.05, 3.63) is 29.3 Å². The van der Waals surface area contributed by atoms with Gasteiger partial charge < -0.3 is 10.8 Å². The van der Waals surface area contributed by atoms with Gasteiger partial charge in [-0.25, -0.2) is 0 Å². The quantitative estimate of drug-likeness (QED) is 0.721. The molecule has 2 nitrogen and oxygen atoms in total. The summed E-state index contributed by atoms with van der Waals surface area (Å²) < 4.78 is 0. The average molecular weight is 231 g/mol. The molecule has 92 valence electrons. The molecule has 0 amide bonds. The molecule has 1 saturated carbocycles. The van der Waals surface area contributed by atoms with Gasteiger partial charge in [0.1, 0.15) is 5.75 Å². The minimum absolute atomic E-state index is 0.157. The lowest BCUT2D eigenvalue weighted by Crippen LogP contribution is -2.49. The van der Waals surface area contributed by atoms with E-state index < -0.39 is 0 Å². The molecule has 0 bridgehead atoms. The Morgan fingerprint density at radius 3 is 2.71 bits per heavy atom. The molecule has 0 saturated heterocycles. The van der Waals surface area contributed by atoms with Crippen molar-refractivity contribution < 1.29 is 5.11 Å². The van der Waals surface area contributed by atoms with Gasteiger partial charge in [-0.05, 0) is 48.9 Å². The van der Waals surface area contributed by atoms with Crippen LogP contribution in [0.5, 0.6) is 5.75 Å². The van der Waals surface area contributed by atoms with Gasteiger partial charge in [-0.2, -0.15) is 0 Å². The Kier molecular flexibility index (Phi) is 2.62. The molecule has 1 aromatic carbocycles. The molecule has 1 atom stereocenters. The number of phenolic OH excluding ortho intramolecular Hbond substituents is 1. The summed E-state index contributed by atoms with van der Waals surface area (Å²) in [6.07, 6.45) is 8.46. The zero-order chi connectivity index (χ0) is 11.9. The van der Waals surface area contributed by atoms with Crippen molar-refractivity contribution in [3.63, 3.8) is 0 Å². The Balaban J connectivity index is 2.11. The highest BCUT2D eigenvalue weighted by Crippen LogP contribution is 2.47. The molecule has 1 fully saturated rings. The van der Waals surface area contributed by atoms with Gasteiger partial charge in [0.25, 0.3) is 0 Å². The SMILES string of the molecule is NC1CCc2ccc(O)cc2C12CCCCC2. The van der Waals surface area contributed by atoms with Crippen LogP contribution in [0.1, 0.15) is 49.7 Å². The first-order chi connectivity index (χ1) is 8.22. The topological polar surface area (TPSA) is 46.2 Å². The third kappa shape index (κ3) is 1.66. The molecule has 2 aliphatic carbocycles. The van der Waals surface area contributed by atoms with E-state index in [1.54, 1.807) is 0 Å². The van der Waals surface area contributed by atoms with E-state index in [2.05, 4.69) is 6.07 Å². The number of nitrogens with two attached hydrogens (primary N) is 1. The molecule has 1 unspecified atom stereocenters. The Morgan fingerprint density at radius 2 is 1.94 bits per heavy atom. The summed E-state index contributed by atoms with van der Waals surface area (Å²) in [6, 6.07) is 6.15. The average Bonchev–Trinajstić information content (AvgIpc) is 2.36. The minimum atomic E-state index is 0.157. The standard InChI is InChI=1S/C15H21NO/c16-14-7-5-11-4-6-12(17)10-13(11)15(14)8-2-1-3-9-15/h4,6,10,14,17H,1-3,5,7-9,16H2. The lowest BCUT2D eigenvalue weighted by Gasteiger charge is -2.46. The molecule has 1 spiro atoms. The van der Waals surface area contributed by atoms with Crippen molar-refractivity contribution in [2.45, 2.75) is 56.4 Å². The fourth-order valence-electron chi connectivity index (χ4n) is 3.86. The van der Waals surface area contributed by atoms with E-state index in [9.17, 15) is 5.11 Å². The monoisotopic (exact) mass is 231 g/mol. The Labute approximate surface area is 103 Å². The van der Waals surface area contributed by atoms with Crippen LogP contribution in [0.3, 0.4) is 0 Å². The molecule has 0 heterocycles. The van der Waals surface area contributed by atoms with Crippen LogP contribution in [-0.4, -0.2) is 11.1 Å². The number of benzene rings is 1. The predicted molar refractivity (Wildman–Crippen MR) is 69.2 cm³/mol. The summed E-state index contributed by atoms with van der Waals surface area (Å²) in [5, 5.41) is 9.75. The third-order valence-corrected chi connectivity index (χ3v) is 4.81. The van der Waals surface area contributed by atoms with Gasteiger partial charge in [-0.1, -0.05) is 25.3 Å². The second-order valence-electron chi connectivity index (χ2n) is 5.70. The number of fused-ring (bicyclic) bond motifs is 2. The number of rotatable bonds is 0. The lowest BCUT2D eigenvalue weighted by molar-refractivity contribution is 0.220. The molecular formula is C15H21NO. The minimum Gasteiger partial charge on any atom is -0.508 e. The zero-order valence-corrected chi connectivity index (χ0v) is 10.3. The summed E-state index contributed by atoms with van der Waals surface area (Å²) in [5.41, 5.74) is 9.34. The molecule has 3 N–H and O–H groups in total. The van der Waals surface area contributed by atoms with Gasteiger partial charge in [0.15, 0.2) is 0 Å². The van der Waals surface area contributed by atoms with E-state index in [-0.39, 0.29) is 11.5 Å². The van der Waals surface area contributed by atoms with Crippen molar-refractivity contribution in [1.29, 1.82) is 0 Å². The summed E-state index contributed by atoms with van der Waals surface area (Å²) in [4.78, 5) is 0. The second kappa shape index (κ2) is 4.02. The Morgan fingerprint density at radius 1 is 1.18 bits per heavy atom. The van der Waals surface area contributed by atoms with Crippen molar-refractivity contribution in [3.8, 4) is 5.75 Å². The van der Waals surface area contributed by atoms with Gasteiger partial charge in [-0.3, -0.25) is 0 Å². The highest BCUT2D eigenvalue weighted by atomic mass is 16.3. The van der Waals surface area contributed by atoms with E-state index in [1.165, 1.54) is 43.2 Å². The molecule has 1 aromatic rings. The molecule has 0 aliphatic heterocycles. The van der Waals surface area contributed by atoms with Crippen LogP contribution in [-0.2, 0) is 11.8 Å². The number of aromatic hydroxyl groups is 1. The van der Waals surface area contributed by atoms with Crippen molar-refractivity contribution in [1.82, 2.24) is 0 Å². The van der Waals surface area contributed by atoms with E-state index in [1.807, 2.05) is 12.1 Å². The summed E-state index contributed by atoms with van der Waals surface area (Å²) in [6.45, 7) is 0. The van der Waals surface area contributed by atoms with E-state index in [0.29, 0.717) is 5.75 Å².